The van der Waals surface area contributed by atoms with Crippen LogP contribution in [0, 0.1) is 12.8 Å². The Bertz CT molecular complexity index is 865. The van der Waals surface area contributed by atoms with E-state index in [0.717, 1.165) is 73.6 Å². The molecule has 2 aromatic rings. The molecular weight excluding hydrogens is 380 g/mol. The van der Waals surface area contributed by atoms with Gasteiger partial charge >= 0.3 is 0 Å². The fraction of sp³-hybridized carbons (Fsp3) is 0.652. The number of ether oxygens (including phenoxy) is 1. The molecule has 1 saturated carbocycles. The molecular formula is C23H32N4O3. The van der Waals surface area contributed by atoms with Crippen LogP contribution in [-0.4, -0.2) is 40.3 Å². The molecule has 1 amide bonds. The van der Waals surface area contributed by atoms with Gasteiger partial charge in [0.1, 0.15) is 11.9 Å². The van der Waals surface area contributed by atoms with Crippen molar-refractivity contribution in [1.29, 1.82) is 0 Å². The van der Waals surface area contributed by atoms with Gasteiger partial charge in [-0.15, -0.1) is 0 Å². The van der Waals surface area contributed by atoms with Crippen molar-refractivity contribution in [2.45, 2.75) is 77.2 Å². The summed E-state index contributed by atoms with van der Waals surface area (Å²) in [7, 11) is 0. The number of aromatic nitrogens is 3. The van der Waals surface area contributed by atoms with Crippen molar-refractivity contribution < 1.29 is 14.1 Å². The monoisotopic (exact) mass is 412 g/mol. The van der Waals surface area contributed by atoms with Crippen LogP contribution in [0.4, 0.5) is 0 Å². The number of hydrogen-bond acceptors (Lipinski definition) is 6. The molecule has 1 saturated heterocycles. The summed E-state index contributed by atoms with van der Waals surface area (Å²) in [6.07, 6.45) is 7.72. The quantitative estimate of drug-likeness (QED) is 0.767. The maximum Gasteiger partial charge on any atom is 0.249 e. The first-order chi connectivity index (χ1) is 14.5. The van der Waals surface area contributed by atoms with E-state index in [-0.39, 0.29) is 17.9 Å². The number of nitrogens with one attached hydrogen (secondary N) is 1. The second kappa shape index (κ2) is 9.25. The SMILES string of the molecule is Cc1cc(-c2cnc(C(C)C)nc2C2CCC(CNC(=O)C3CCCO3)CC2)on1. The summed E-state index contributed by atoms with van der Waals surface area (Å²) in [5.41, 5.74) is 2.89. The normalized spacial score (nSPS) is 24.3. The highest BCUT2D eigenvalue weighted by Crippen LogP contribution is 2.39. The molecule has 1 atom stereocenters. The Morgan fingerprint density at radius 2 is 2.03 bits per heavy atom. The third-order valence-electron chi connectivity index (χ3n) is 6.27. The molecule has 1 aliphatic carbocycles. The topological polar surface area (TPSA) is 90.1 Å². The fourth-order valence-electron chi connectivity index (χ4n) is 4.46. The molecule has 4 rings (SSSR count). The molecule has 162 valence electrons. The Hall–Kier alpha value is -2.28. The smallest absolute Gasteiger partial charge is 0.249 e. The van der Waals surface area contributed by atoms with Crippen LogP contribution in [0.3, 0.4) is 0 Å². The predicted molar refractivity (Wildman–Crippen MR) is 113 cm³/mol. The lowest BCUT2D eigenvalue weighted by Gasteiger charge is -2.29. The summed E-state index contributed by atoms with van der Waals surface area (Å²) in [6, 6.07) is 1.95. The van der Waals surface area contributed by atoms with Crippen molar-refractivity contribution in [2.75, 3.05) is 13.2 Å². The van der Waals surface area contributed by atoms with Gasteiger partial charge in [-0.2, -0.15) is 0 Å². The Balaban J connectivity index is 1.42. The number of aryl methyl sites for hydroxylation is 1. The van der Waals surface area contributed by atoms with E-state index in [2.05, 4.69) is 29.3 Å². The van der Waals surface area contributed by atoms with Crippen molar-refractivity contribution in [1.82, 2.24) is 20.4 Å². The molecule has 1 aliphatic heterocycles. The predicted octanol–water partition coefficient (Wildman–Crippen LogP) is 4.13. The second-order valence-corrected chi connectivity index (χ2v) is 8.98. The minimum Gasteiger partial charge on any atom is -0.368 e. The highest BCUT2D eigenvalue weighted by molar-refractivity contribution is 5.80. The van der Waals surface area contributed by atoms with Crippen molar-refractivity contribution >= 4 is 5.91 Å². The Morgan fingerprint density at radius 3 is 2.67 bits per heavy atom. The number of nitrogens with zero attached hydrogens (tertiary/aromatic N) is 3. The molecule has 1 unspecified atom stereocenters. The molecule has 0 spiro atoms. The van der Waals surface area contributed by atoms with Crippen LogP contribution in [-0.2, 0) is 9.53 Å². The van der Waals surface area contributed by atoms with Crippen LogP contribution < -0.4 is 5.32 Å². The summed E-state index contributed by atoms with van der Waals surface area (Å²) in [5.74, 6) is 2.82. The Labute approximate surface area is 178 Å². The number of amides is 1. The molecule has 2 aliphatic rings. The van der Waals surface area contributed by atoms with E-state index in [4.69, 9.17) is 14.2 Å². The minimum absolute atomic E-state index is 0.0509. The van der Waals surface area contributed by atoms with Gasteiger partial charge in [0.15, 0.2) is 5.76 Å². The second-order valence-electron chi connectivity index (χ2n) is 8.98. The first-order valence-corrected chi connectivity index (χ1v) is 11.2. The van der Waals surface area contributed by atoms with E-state index in [1.807, 2.05) is 19.2 Å². The zero-order chi connectivity index (χ0) is 21.1. The standard InChI is InChI=1S/C23H32N4O3/c1-14(2)22-24-13-18(20-11-15(3)27-30-20)21(26-22)17-8-6-16(7-9-17)12-25-23(28)19-5-4-10-29-19/h11,13-14,16-17,19H,4-10,12H2,1-3H3,(H,25,28). The van der Waals surface area contributed by atoms with E-state index in [0.29, 0.717) is 18.4 Å². The van der Waals surface area contributed by atoms with E-state index in [9.17, 15) is 4.79 Å². The maximum atomic E-state index is 12.2. The molecule has 0 aromatic carbocycles. The molecule has 2 aromatic heterocycles. The van der Waals surface area contributed by atoms with Crippen LogP contribution in [0.2, 0.25) is 0 Å². The molecule has 1 N–H and O–H groups in total. The van der Waals surface area contributed by atoms with Gasteiger partial charge in [0.25, 0.3) is 0 Å². The molecule has 7 heteroatoms. The van der Waals surface area contributed by atoms with Crippen LogP contribution >= 0.6 is 0 Å². The average Bonchev–Trinajstić information content (AvgIpc) is 3.44. The molecule has 2 fully saturated rings. The zero-order valence-corrected chi connectivity index (χ0v) is 18.2. The van der Waals surface area contributed by atoms with Crippen LogP contribution in [0.15, 0.2) is 16.8 Å². The largest absolute Gasteiger partial charge is 0.368 e. The van der Waals surface area contributed by atoms with Crippen molar-refractivity contribution in [2.24, 2.45) is 5.92 Å². The molecule has 30 heavy (non-hydrogen) atoms. The van der Waals surface area contributed by atoms with Gasteiger partial charge in [-0.25, -0.2) is 9.97 Å². The molecule has 0 radical (unpaired) electrons. The van der Waals surface area contributed by atoms with Crippen molar-refractivity contribution in [3.05, 3.63) is 29.5 Å². The third kappa shape index (κ3) is 4.72. The first kappa shape index (κ1) is 21.0. The molecule has 0 bridgehead atoms. The van der Waals surface area contributed by atoms with Crippen molar-refractivity contribution in [3.8, 4) is 11.3 Å². The zero-order valence-electron chi connectivity index (χ0n) is 18.2. The number of rotatable bonds is 6. The van der Waals surface area contributed by atoms with Crippen LogP contribution in [0.1, 0.15) is 81.4 Å². The van der Waals surface area contributed by atoms with Crippen LogP contribution in [0.25, 0.3) is 11.3 Å². The van der Waals surface area contributed by atoms with Gasteiger partial charge in [-0.3, -0.25) is 4.79 Å². The summed E-state index contributed by atoms with van der Waals surface area (Å²) in [4.78, 5) is 21.7. The lowest BCUT2D eigenvalue weighted by Crippen LogP contribution is -2.37. The summed E-state index contributed by atoms with van der Waals surface area (Å²) < 4.78 is 11.0. The molecule has 3 heterocycles. The summed E-state index contributed by atoms with van der Waals surface area (Å²) in [6.45, 7) is 7.59. The van der Waals surface area contributed by atoms with Crippen LogP contribution in [0.5, 0.6) is 0 Å². The van der Waals surface area contributed by atoms with Gasteiger partial charge in [0.2, 0.25) is 5.91 Å². The van der Waals surface area contributed by atoms with E-state index in [1.54, 1.807) is 0 Å². The minimum atomic E-state index is -0.246. The number of hydrogen-bond donors (Lipinski definition) is 1. The van der Waals surface area contributed by atoms with Gasteiger partial charge < -0.3 is 14.6 Å². The summed E-state index contributed by atoms with van der Waals surface area (Å²) in [5, 5.41) is 7.14. The highest BCUT2D eigenvalue weighted by atomic mass is 16.5. The fourth-order valence-corrected chi connectivity index (χ4v) is 4.46. The van der Waals surface area contributed by atoms with Gasteiger partial charge in [0.05, 0.1) is 17.0 Å². The highest BCUT2D eigenvalue weighted by Gasteiger charge is 2.29. The van der Waals surface area contributed by atoms with E-state index in [1.165, 1.54) is 0 Å². The average molecular weight is 413 g/mol. The van der Waals surface area contributed by atoms with E-state index < -0.39 is 0 Å². The third-order valence-corrected chi connectivity index (χ3v) is 6.27. The van der Waals surface area contributed by atoms with Gasteiger partial charge in [-0.05, 0) is 51.4 Å². The lowest BCUT2D eigenvalue weighted by atomic mass is 9.79. The maximum absolute atomic E-state index is 12.2. The number of carbonyl (C=O) groups is 1. The lowest BCUT2D eigenvalue weighted by molar-refractivity contribution is -0.130. The molecule has 7 nitrogen and oxygen atoms in total. The Kier molecular flexibility index (Phi) is 6.46. The van der Waals surface area contributed by atoms with E-state index >= 15 is 0 Å². The summed E-state index contributed by atoms with van der Waals surface area (Å²) >= 11 is 0. The number of carbonyl (C=O) groups excluding carboxylic acids is 1. The first-order valence-electron chi connectivity index (χ1n) is 11.2. The van der Waals surface area contributed by atoms with Gasteiger partial charge in [-0.1, -0.05) is 19.0 Å². The van der Waals surface area contributed by atoms with Gasteiger partial charge in [0, 0.05) is 37.3 Å². The van der Waals surface area contributed by atoms with Crippen molar-refractivity contribution in [3.63, 3.8) is 0 Å². The Morgan fingerprint density at radius 1 is 1.23 bits per heavy atom.